The highest BCUT2D eigenvalue weighted by Crippen LogP contribution is 2.21. The summed E-state index contributed by atoms with van der Waals surface area (Å²) in [6, 6.07) is 7.40. The number of furan rings is 1. The third kappa shape index (κ3) is 3.28. The van der Waals surface area contributed by atoms with E-state index in [-0.39, 0.29) is 17.7 Å². The van der Waals surface area contributed by atoms with Crippen molar-refractivity contribution in [3.63, 3.8) is 0 Å². The van der Waals surface area contributed by atoms with Gasteiger partial charge in [0.25, 0.3) is 5.91 Å². The quantitative estimate of drug-likeness (QED) is 0.907. The molecule has 3 rings (SSSR count). The largest absolute Gasteiger partial charge is 0.461 e. The maximum atomic E-state index is 12.9. The Morgan fingerprint density at radius 1 is 1.21 bits per heavy atom. The summed E-state index contributed by atoms with van der Waals surface area (Å²) in [5.41, 5.74) is 1.41. The van der Waals surface area contributed by atoms with Crippen molar-refractivity contribution in [3.8, 4) is 0 Å². The zero-order valence-corrected chi connectivity index (χ0v) is 14.3. The number of carbonyl (C=O) groups is 2. The molecular formula is C18H23N3O3. The first-order valence-corrected chi connectivity index (χ1v) is 8.17. The third-order valence-electron chi connectivity index (χ3n) is 4.52. The molecule has 0 unspecified atom stereocenters. The number of hydrogen-bond acceptors (Lipinski definition) is 4. The lowest BCUT2D eigenvalue weighted by Gasteiger charge is -2.23. The van der Waals surface area contributed by atoms with E-state index in [2.05, 4.69) is 10.2 Å². The summed E-state index contributed by atoms with van der Waals surface area (Å²) >= 11 is 0. The Labute approximate surface area is 141 Å². The summed E-state index contributed by atoms with van der Waals surface area (Å²) in [7, 11) is 3.61. The Morgan fingerprint density at radius 2 is 2.00 bits per heavy atom. The maximum absolute atomic E-state index is 12.9. The summed E-state index contributed by atoms with van der Waals surface area (Å²) in [5.74, 6) is 0.541. The van der Waals surface area contributed by atoms with E-state index in [1.54, 1.807) is 18.0 Å². The number of hydrogen-bond donors (Lipinski definition) is 1. The Hall–Kier alpha value is -2.34. The van der Waals surface area contributed by atoms with E-state index >= 15 is 0 Å². The number of aryl methyl sites for hydroxylation is 1. The van der Waals surface area contributed by atoms with Crippen LogP contribution >= 0.6 is 0 Å². The summed E-state index contributed by atoms with van der Waals surface area (Å²) in [6.07, 6.45) is 0. The first kappa shape index (κ1) is 16.5. The second kappa shape index (κ2) is 6.65. The number of rotatable bonds is 2. The monoisotopic (exact) mass is 329 g/mol. The molecule has 6 nitrogen and oxygen atoms in total. The summed E-state index contributed by atoms with van der Waals surface area (Å²) in [6.45, 7) is 4.35. The fraction of sp³-hybridized carbons (Fsp3) is 0.444. The highest BCUT2D eigenvalue weighted by Gasteiger charge is 2.29. The van der Waals surface area contributed by atoms with Crippen LogP contribution in [0.1, 0.15) is 16.1 Å². The van der Waals surface area contributed by atoms with E-state index in [0.29, 0.717) is 25.2 Å². The third-order valence-corrected chi connectivity index (χ3v) is 4.52. The fourth-order valence-corrected chi connectivity index (χ4v) is 3.22. The van der Waals surface area contributed by atoms with Crippen LogP contribution in [0.4, 0.5) is 0 Å². The summed E-state index contributed by atoms with van der Waals surface area (Å²) < 4.78 is 5.56. The number of amides is 2. The van der Waals surface area contributed by atoms with Crippen molar-refractivity contribution in [1.29, 1.82) is 0 Å². The Kier molecular flexibility index (Phi) is 4.57. The summed E-state index contributed by atoms with van der Waals surface area (Å²) in [4.78, 5) is 28.8. The molecule has 2 heterocycles. The second-order valence-corrected chi connectivity index (χ2v) is 6.43. The van der Waals surface area contributed by atoms with Crippen LogP contribution in [0.5, 0.6) is 0 Å². The molecule has 2 amide bonds. The van der Waals surface area contributed by atoms with E-state index in [1.807, 2.05) is 32.2 Å². The van der Waals surface area contributed by atoms with Crippen molar-refractivity contribution >= 4 is 22.8 Å². The smallest absolute Gasteiger partial charge is 0.253 e. The van der Waals surface area contributed by atoms with Crippen molar-refractivity contribution in [3.05, 3.63) is 35.6 Å². The Balaban J connectivity index is 1.84. The lowest BCUT2D eigenvalue weighted by Crippen LogP contribution is -2.41. The first-order valence-electron chi connectivity index (χ1n) is 8.17. The minimum absolute atomic E-state index is 0.0255. The molecule has 0 bridgehead atoms. The van der Waals surface area contributed by atoms with Crippen LogP contribution in [0.15, 0.2) is 28.7 Å². The van der Waals surface area contributed by atoms with Crippen molar-refractivity contribution in [1.82, 2.24) is 15.1 Å². The van der Waals surface area contributed by atoms with Gasteiger partial charge >= 0.3 is 0 Å². The molecule has 24 heavy (non-hydrogen) atoms. The minimum Gasteiger partial charge on any atom is -0.461 e. The van der Waals surface area contributed by atoms with Crippen molar-refractivity contribution in [2.45, 2.75) is 6.92 Å². The molecule has 1 aromatic heterocycles. The number of nitrogens with zero attached hydrogens (tertiary/aromatic N) is 2. The normalized spacial score (nSPS) is 19.3. The predicted molar refractivity (Wildman–Crippen MR) is 91.9 cm³/mol. The van der Waals surface area contributed by atoms with Gasteiger partial charge in [0.05, 0.1) is 5.92 Å². The van der Waals surface area contributed by atoms with Crippen molar-refractivity contribution in [2.24, 2.45) is 5.92 Å². The Morgan fingerprint density at radius 3 is 2.75 bits per heavy atom. The number of nitrogens with one attached hydrogen (secondary N) is 1. The van der Waals surface area contributed by atoms with Crippen LogP contribution in [0.2, 0.25) is 0 Å². The lowest BCUT2D eigenvalue weighted by molar-refractivity contribution is -0.125. The predicted octanol–water partition coefficient (Wildman–Crippen LogP) is 1.49. The topological polar surface area (TPSA) is 65.8 Å². The fourth-order valence-electron chi connectivity index (χ4n) is 3.22. The van der Waals surface area contributed by atoms with Gasteiger partial charge in [-0.15, -0.1) is 0 Å². The molecule has 0 radical (unpaired) electrons. The summed E-state index contributed by atoms with van der Waals surface area (Å²) in [5, 5.41) is 3.62. The van der Waals surface area contributed by atoms with Crippen molar-refractivity contribution < 1.29 is 14.0 Å². The number of likely N-dealkylation sites (N-methyl/N-ethyl adjacent to an activating group) is 1. The van der Waals surface area contributed by atoms with Gasteiger partial charge in [-0.3, -0.25) is 9.59 Å². The van der Waals surface area contributed by atoms with E-state index in [9.17, 15) is 9.59 Å². The number of carbonyl (C=O) groups excluding carboxylic acids is 2. The van der Waals surface area contributed by atoms with Crippen LogP contribution in [0.25, 0.3) is 11.0 Å². The zero-order valence-electron chi connectivity index (χ0n) is 14.3. The SMILES string of the molecule is CNC(=O)[C@H]1CN(C)CCN(C(=O)c2ccc3oc(C)cc3c2)C1. The lowest BCUT2D eigenvalue weighted by atomic mass is 10.1. The molecule has 0 aliphatic carbocycles. The molecule has 1 aliphatic rings. The van der Waals surface area contributed by atoms with Gasteiger partial charge in [0.2, 0.25) is 5.91 Å². The molecule has 1 aliphatic heterocycles. The van der Waals surface area contributed by atoms with Gasteiger partial charge in [0.1, 0.15) is 11.3 Å². The number of fused-ring (bicyclic) bond motifs is 1. The van der Waals surface area contributed by atoms with Crippen LogP contribution in [-0.4, -0.2) is 61.9 Å². The van der Waals surface area contributed by atoms with Crippen molar-refractivity contribution in [2.75, 3.05) is 40.3 Å². The standard InChI is InChI=1S/C18H23N3O3/c1-12-8-14-9-13(4-5-16(14)24-12)18(23)21-7-6-20(3)10-15(11-21)17(22)19-2/h4-5,8-9,15H,6-7,10-11H2,1-3H3,(H,19,22)/t15-/m0/s1. The molecule has 128 valence electrons. The highest BCUT2D eigenvalue weighted by molar-refractivity contribution is 5.98. The van der Waals surface area contributed by atoms with Crippen LogP contribution in [0.3, 0.4) is 0 Å². The Bertz CT molecular complexity index is 768. The molecule has 0 spiro atoms. The van der Waals surface area contributed by atoms with E-state index < -0.39 is 0 Å². The molecule has 2 aromatic rings. The first-order chi connectivity index (χ1) is 11.5. The molecule has 1 fully saturated rings. The second-order valence-electron chi connectivity index (χ2n) is 6.43. The van der Waals surface area contributed by atoms with Gasteiger partial charge in [-0.05, 0) is 38.2 Å². The molecular weight excluding hydrogens is 306 g/mol. The highest BCUT2D eigenvalue weighted by atomic mass is 16.3. The van der Waals surface area contributed by atoms with Gasteiger partial charge < -0.3 is 19.5 Å². The van der Waals surface area contributed by atoms with Crippen LogP contribution in [0, 0.1) is 12.8 Å². The van der Waals surface area contributed by atoms with E-state index in [1.165, 1.54) is 0 Å². The average Bonchev–Trinajstić information content (AvgIpc) is 2.83. The zero-order chi connectivity index (χ0) is 17.3. The minimum atomic E-state index is -0.216. The van der Waals surface area contributed by atoms with Gasteiger partial charge in [0.15, 0.2) is 0 Å². The molecule has 0 saturated carbocycles. The van der Waals surface area contributed by atoms with E-state index in [4.69, 9.17) is 4.42 Å². The van der Waals surface area contributed by atoms with Crippen LogP contribution in [-0.2, 0) is 4.79 Å². The number of benzene rings is 1. The molecule has 1 N–H and O–H groups in total. The molecule has 1 aromatic carbocycles. The van der Waals surface area contributed by atoms with Gasteiger partial charge in [0, 0.05) is 44.2 Å². The molecule has 1 saturated heterocycles. The molecule has 6 heteroatoms. The van der Waals surface area contributed by atoms with Crippen LogP contribution < -0.4 is 5.32 Å². The van der Waals surface area contributed by atoms with Gasteiger partial charge in [-0.1, -0.05) is 0 Å². The van der Waals surface area contributed by atoms with Gasteiger partial charge in [-0.25, -0.2) is 0 Å². The maximum Gasteiger partial charge on any atom is 0.253 e. The van der Waals surface area contributed by atoms with Gasteiger partial charge in [-0.2, -0.15) is 0 Å². The van der Waals surface area contributed by atoms with E-state index in [0.717, 1.165) is 23.3 Å². The molecule has 1 atom stereocenters. The average molecular weight is 329 g/mol.